The third-order valence-corrected chi connectivity index (χ3v) is 6.32. The van der Waals surface area contributed by atoms with E-state index in [0.29, 0.717) is 11.5 Å². The van der Waals surface area contributed by atoms with Crippen LogP contribution >= 0.6 is 0 Å². The van der Waals surface area contributed by atoms with Gasteiger partial charge in [-0.1, -0.05) is 20.8 Å². The van der Waals surface area contributed by atoms with Crippen LogP contribution in [0.3, 0.4) is 0 Å². The molecule has 1 unspecified atom stereocenters. The van der Waals surface area contributed by atoms with Crippen LogP contribution in [0, 0.1) is 11.3 Å². The van der Waals surface area contributed by atoms with E-state index in [2.05, 4.69) is 44.7 Å². The fraction of sp³-hybridized carbons (Fsp3) is 1.00. The van der Waals surface area contributed by atoms with Crippen LogP contribution in [-0.2, 0) is 0 Å². The zero-order valence-corrected chi connectivity index (χ0v) is 15.0. The van der Waals surface area contributed by atoms with E-state index in [9.17, 15) is 0 Å². The molecule has 1 heterocycles. The SMILES string of the molecule is CN(C)C1CCCN(C2(CN)CCC(C(C)(C)C)CC2)C1. The van der Waals surface area contributed by atoms with Crippen LogP contribution in [0.5, 0.6) is 0 Å². The lowest BCUT2D eigenvalue weighted by atomic mass is 9.66. The van der Waals surface area contributed by atoms with Crippen molar-refractivity contribution < 1.29 is 0 Å². The van der Waals surface area contributed by atoms with E-state index in [4.69, 9.17) is 5.73 Å². The smallest absolute Gasteiger partial charge is 0.0332 e. The quantitative estimate of drug-likeness (QED) is 0.869. The predicted molar refractivity (Wildman–Crippen MR) is 91.5 cm³/mol. The molecule has 0 spiro atoms. The summed E-state index contributed by atoms with van der Waals surface area (Å²) in [5, 5.41) is 0. The fourth-order valence-electron chi connectivity index (χ4n) is 4.48. The molecule has 0 aromatic heterocycles. The Bertz CT molecular complexity index is 324. The van der Waals surface area contributed by atoms with E-state index >= 15 is 0 Å². The largest absolute Gasteiger partial charge is 0.329 e. The van der Waals surface area contributed by atoms with E-state index in [1.54, 1.807) is 0 Å². The Balaban J connectivity index is 2.02. The highest BCUT2D eigenvalue weighted by Gasteiger charge is 2.43. The topological polar surface area (TPSA) is 32.5 Å². The van der Waals surface area contributed by atoms with Crippen LogP contribution in [0.4, 0.5) is 0 Å². The molecule has 2 fully saturated rings. The van der Waals surface area contributed by atoms with Crippen molar-refractivity contribution in [3.63, 3.8) is 0 Å². The van der Waals surface area contributed by atoms with E-state index in [0.717, 1.165) is 12.5 Å². The number of piperidine rings is 1. The summed E-state index contributed by atoms with van der Waals surface area (Å²) in [5.41, 5.74) is 7.03. The average molecular weight is 296 g/mol. The van der Waals surface area contributed by atoms with Crippen molar-refractivity contribution in [2.24, 2.45) is 17.1 Å². The summed E-state index contributed by atoms with van der Waals surface area (Å²) in [4.78, 5) is 5.15. The number of likely N-dealkylation sites (N-methyl/N-ethyl adjacent to an activating group) is 1. The third kappa shape index (κ3) is 3.80. The summed E-state index contributed by atoms with van der Waals surface area (Å²) in [6.45, 7) is 10.5. The summed E-state index contributed by atoms with van der Waals surface area (Å²) in [6, 6.07) is 0.711. The normalized spacial score (nSPS) is 36.1. The lowest BCUT2D eigenvalue weighted by Gasteiger charge is -2.52. The van der Waals surface area contributed by atoms with Gasteiger partial charge in [0.2, 0.25) is 0 Å². The molecule has 1 atom stereocenters. The van der Waals surface area contributed by atoms with Crippen molar-refractivity contribution in [2.75, 3.05) is 33.7 Å². The number of nitrogens with two attached hydrogens (primary N) is 1. The lowest BCUT2D eigenvalue weighted by molar-refractivity contribution is -0.0103. The molecule has 0 bridgehead atoms. The Kier molecular flexibility index (Phi) is 5.38. The molecule has 2 N–H and O–H groups in total. The molecule has 1 saturated carbocycles. The van der Waals surface area contributed by atoms with E-state index in [-0.39, 0.29) is 5.54 Å². The van der Waals surface area contributed by atoms with Gasteiger partial charge in [0.05, 0.1) is 0 Å². The van der Waals surface area contributed by atoms with Crippen molar-refractivity contribution >= 4 is 0 Å². The minimum Gasteiger partial charge on any atom is -0.329 e. The average Bonchev–Trinajstić information content (AvgIpc) is 2.46. The highest BCUT2D eigenvalue weighted by Crippen LogP contribution is 2.44. The standard InChI is InChI=1S/C18H37N3/c1-17(2,3)15-8-10-18(14-19,11-9-15)21-12-6-7-16(13-21)20(4)5/h15-16H,6-14,19H2,1-5H3. The first-order valence-corrected chi connectivity index (χ1v) is 8.90. The fourth-order valence-corrected chi connectivity index (χ4v) is 4.48. The monoisotopic (exact) mass is 295 g/mol. The van der Waals surface area contributed by atoms with Crippen molar-refractivity contribution in [1.82, 2.24) is 9.80 Å². The molecule has 2 rings (SSSR count). The van der Waals surface area contributed by atoms with Gasteiger partial charge in [-0.05, 0) is 70.5 Å². The molecule has 3 heteroatoms. The van der Waals surface area contributed by atoms with Gasteiger partial charge in [-0.2, -0.15) is 0 Å². The van der Waals surface area contributed by atoms with Gasteiger partial charge < -0.3 is 10.6 Å². The molecule has 21 heavy (non-hydrogen) atoms. The summed E-state index contributed by atoms with van der Waals surface area (Å²) in [5.74, 6) is 0.867. The maximum atomic E-state index is 6.29. The van der Waals surface area contributed by atoms with Gasteiger partial charge in [0.25, 0.3) is 0 Å². The number of likely N-dealkylation sites (tertiary alicyclic amines) is 1. The van der Waals surface area contributed by atoms with E-state index in [1.807, 2.05) is 0 Å². The second-order valence-corrected chi connectivity index (χ2v) is 8.77. The molecule has 2 aliphatic rings. The minimum atomic E-state index is 0.288. The number of hydrogen-bond donors (Lipinski definition) is 1. The van der Waals surface area contributed by atoms with Gasteiger partial charge >= 0.3 is 0 Å². The Morgan fingerprint density at radius 1 is 1.14 bits per heavy atom. The molecule has 0 amide bonds. The second kappa shape index (κ2) is 6.55. The predicted octanol–water partition coefficient (Wildman–Crippen LogP) is 2.95. The Labute approximate surface area is 132 Å². The minimum absolute atomic E-state index is 0.288. The molecule has 1 aliphatic carbocycles. The van der Waals surface area contributed by atoms with Gasteiger partial charge in [0.1, 0.15) is 0 Å². The molecule has 0 aromatic carbocycles. The van der Waals surface area contributed by atoms with E-state index < -0.39 is 0 Å². The Morgan fingerprint density at radius 2 is 1.76 bits per heavy atom. The van der Waals surface area contributed by atoms with E-state index in [1.165, 1.54) is 51.6 Å². The summed E-state index contributed by atoms with van der Waals surface area (Å²) in [7, 11) is 4.44. The molecule has 0 aromatic rings. The summed E-state index contributed by atoms with van der Waals surface area (Å²) >= 11 is 0. The van der Waals surface area contributed by atoms with Gasteiger partial charge in [0, 0.05) is 24.7 Å². The van der Waals surface area contributed by atoms with Crippen LogP contribution in [0.2, 0.25) is 0 Å². The van der Waals surface area contributed by atoms with Gasteiger partial charge in [0.15, 0.2) is 0 Å². The zero-order chi connectivity index (χ0) is 15.7. The van der Waals surface area contributed by atoms with Crippen molar-refractivity contribution in [3.8, 4) is 0 Å². The maximum absolute atomic E-state index is 6.29. The molecule has 1 saturated heterocycles. The van der Waals surface area contributed by atoms with Gasteiger partial charge in [-0.25, -0.2) is 0 Å². The van der Waals surface area contributed by atoms with Gasteiger partial charge in [-0.3, -0.25) is 4.90 Å². The number of rotatable bonds is 3. The number of hydrogen-bond acceptors (Lipinski definition) is 3. The molecule has 3 nitrogen and oxygen atoms in total. The van der Waals surface area contributed by atoms with Crippen molar-refractivity contribution in [3.05, 3.63) is 0 Å². The first kappa shape index (κ1) is 17.2. The van der Waals surface area contributed by atoms with Crippen molar-refractivity contribution in [1.29, 1.82) is 0 Å². The molecular weight excluding hydrogens is 258 g/mol. The molecule has 0 radical (unpaired) electrons. The summed E-state index contributed by atoms with van der Waals surface area (Å²) < 4.78 is 0. The molecular formula is C18H37N3. The van der Waals surface area contributed by atoms with Crippen LogP contribution in [0.1, 0.15) is 59.3 Å². The highest BCUT2D eigenvalue weighted by atomic mass is 15.3. The number of nitrogens with zero attached hydrogens (tertiary/aromatic N) is 2. The maximum Gasteiger partial charge on any atom is 0.0332 e. The Morgan fingerprint density at radius 3 is 2.24 bits per heavy atom. The van der Waals surface area contributed by atoms with Crippen LogP contribution < -0.4 is 5.73 Å². The zero-order valence-electron chi connectivity index (χ0n) is 15.0. The van der Waals surface area contributed by atoms with Crippen LogP contribution in [-0.4, -0.2) is 55.1 Å². The first-order valence-electron chi connectivity index (χ1n) is 8.90. The lowest BCUT2D eigenvalue weighted by Crippen LogP contribution is -2.61. The molecule has 124 valence electrons. The van der Waals surface area contributed by atoms with Crippen molar-refractivity contribution in [2.45, 2.75) is 70.9 Å². The first-order chi connectivity index (χ1) is 9.78. The highest BCUT2D eigenvalue weighted by molar-refractivity contribution is 4.99. The summed E-state index contributed by atoms with van der Waals surface area (Å²) in [6.07, 6.45) is 7.97. The Hall–Kier alpha value is -0.120. The van der Waals surface area contributed by atoms with Gasteiger partial charge in [-0.15, -0.1) is 0 Å². The second-order valence-electron chi connectivity index (χ2n) is 8.77. The van der Waals surface area contributed by atoms with Crippen LogP contribution in [0.15, 0.2) is 0 Å². The van der Waals surface area contributed by atoms with Crippen LogP contribution in [0.25, 0.3) is 0 Å². The third-order valence-electron chi connectivity index (χ3n) is 6.32. The molecule has 1 aliphatic heterocycles.